The number of hydrogen-bond donors (Lipinski definition) is 3. The second-order valence-corrected chi connectivity index (χ2v) is 7.56. The van der Waals surface area contributed by atoms with Gasteiger partial charge >= 0.3 is 7.12 Å². The van der Waals surface area contributed by atoms with Gasteiger partial charge in [-0.3, -0.25) is 9.48 Å². The topological polar surface area (TPSA) is 135 Å². The lowest BCUT2D eigenvalue weighted by molar-refractivity contribution is 0.0342. The van der Waals surface area contributed by atoms with Gasteiger partial charge in [-0.05, 0) is 49.5 Å². The van der Waals surface area contributed by atoms with Crippen LogP contribution >= 0.6 is 0 Å². The molecular formula is C20H22BN5O4. The Labute approximate surface area is 174 Å². The fourth-order valence-electron chi connectivity index (χ4n) is 3.86. The van der Waals surface area contributed by atoms with Crippen molar-refractivity contribution in [3.8, 4) is 11.8 Å². The van der Waals surface area contributed by atoms with Crippen LogP contribution < -0.4 is 15.7 Å². The lowest BCUT2D eigenvalue weighted by Gasteiger charge is -2.27. The second kappa shape index (κ2) is 7.86. The van der Waals surface area contributed by atoms with Crippen molar-refractivity contribution in [2.45, 2.75) is 26.3 Å². The second-order valence-electron chi connectivity index (χ2n) is 7.56. The first kappa shape index (κ1) is 20.0. The maximum absolute atomic E-state index is 12.0. The largest absolute Gasteiger partial charge is 0.552 e. The zero-order chi connectivity index (χ0) is 21.4. The van der Waals surface area contributed by atoms with Crippen LogP contribution in [0, 0.1) is 24.2 Å². The number of anilines is 2. The molecule has 0 unspecified atom stereocenters. The Balaban J connectivity index is 1.69. The number of aryl methyl sites for hydroxylation is 1. The summed E-state index contributed by atoms with van der Waals surface area (Å²) in [6.45, 7) is 4.64. The summed E-state index contributed by atoms with van der Waals surface area (Å²) in [5.74, 6) is 1.67. The van der Waals surface area contributed by atoms with Crippen LogP contribution in [0.2, 0.25) is 0 Å². The number of nitrogens with one attached hydrogen (secondary N) is 1. The molecule has 1 amide bonds. The van der Waals surface area contributed by atoms with Crippen molar-refractivity contribution in [2.24, 2.45) is 11.7 Å². The zero-order valence-electron chi connectivity index (χ0n) is 16.8. The molecule has 4 N–H and O–H groups in total. The van der Waals surface area contributed by atoms with Crippen LogP contribution in [0.1, 0.15) is 40.9 Å². The summed E-state index contributed by atoms with van der Waals surface area (Å²) in [5, 5.41) is 26.9. The summed E-state index contributed by atoms with van der Waals surface area (Å²) in [6, 6.07) is 5.71. The van der Waals surface area contributed by atoms with Crippen molar-refractivity contribution in [1.29, 1.82) is 5.26 Å². The predicted molar refractivity (Wildman–Crippen MR) is 111 cm³/mol. The summed E-state index contributed by atoms with van der Waals surface area (Å²) < 4.78 is 12.6. The highest BCUT2D eigenvalue weighted by atomic mass is 16.5. The average Bonchev–Trinajstić information content (AvgIpc) is 3.13. The van der Waals surface area contributed by atoms with E-state index in [0.717, 1.165) is 16.7 Å². The standard InChI is InChI=1S/C20H22BN5O4/c1-11-5-14(6-15-12(2)7-21(28)30-18(11)15)24-20-16(19(23)27)9-26(25-20)17-10-29-4-3-13(17)8-22/h5-7,9,13,17,28H,3-4,10H2,1-2H3,(H2,23,27)(H,24,25)/t13-,17+/m0/s1. The summed E-state index contributed by atoms with van der Waals surface area (Å²) in [4.78, 5) is 12.0. The Morgan fingerprint density at radius 1 is 1.47 bits per heavy atom. The maximum Gasteiger partial charge on any atom is 0.552 e. The average molecular weight is 407 g/mol. The number of primary amides is 1. The van der Waals surface area contributed by atoms with Crippen molar-refractivity contribution in [3.05, 3.63) is 41.0 Å². The van der Waals surface area contributed by atoms with Crippen LogP contribution in [0.25, 0.3) is 5.57 Å². The normalized spacial score (nSPS) is 20.6. The van der Waals surface area contributed by atoms with Crippen LogP contribution in [0.3, 0.4) is 0 Å². The molecule has 0 saturated carbocycles. The van der Waals surface area contributed by atoms with Crippen molar-refractivity contribution in [3.63, 3.8) is 0 Å². The van der Waals surface area contributed by atoms with Crippen LogP contribution in [0.15, 0.2) is 24.3 Å². The molecule has 10 heteroatoms. The molecule has 1 aromatic carbocycles. The summed E-state index contributed by atoms with van der Waals surface area (Å²) in [7, 11) is -0.974. The summed E-state index contributed by atoms with van der Waals surface area (Å²) in [6.07, 6.45) is 2.17. The molecule has 1 aromatic heterocycles. The van der Waals surface area contributed by atoms with E-state index in [1.165, 1.54) is 0 Å². The third-order valence-electron chi connectivity index (χ3n) is 5.42. The van der Waals surface area contributed by atoms with Gasteiger partial charge < -0.3 is 25.5 Å². The van der Waals surface area contributed by atoms with Crippen molar-refractivity contribution < 1.29 is 19.2 Å². The quantitative estimate of drug-likeness (QED) is 0.659. The van der Waals surface area contributed by atoms with Gasteiger partial charge in [0.25, 0.3) is 5.91 Å². The van der Waals surface area contributed by atoms with Crippen LogP contribution in [0.5, 0.6) is 5.75 Å². The number of allylic oxidation sites excluding steroid dienone is 1. The molecule has 1 saturated heterocycles. The molecule has 1 fully saturated rings. The van der Waals surface area contributed by atoms with Crippen molar-refractivity contribution >= 4 is 30.1 Å². The number of nitrogens with two attached hydrogens (primary N) is 1. The van der Waals surface area contributed by atoms with Gasteiger partial charge in [0.2, 0.25) is 0 Å². The lowest BCUT2D eigenvalue weighted by Crippen LogP contribution is -2.29. The molecule has 2 aromatic rings. The fourth-order valence-corrected chi connectivity index (χ4v) is 3.86. The number of rotatable bonds is 4. The number of fused-ring (bicyclic) bond motifs is 1. The zero-order valence-corrected chi connectivity index (χ0v) is 16.8. The van der Waals surface area contributed by atoms with Gasteiger partial charge in [-0.1, -0.05) is 0 Å². The van der Waals surface area contributed by atoms with E-state index in [2.05, 4.69) is 16.5 Å². The molecule has 0 aliphatic carbocycles. The Bertz CT molecular complexity index is 1070. The predicted octanol–water partition coefficient (Wildman–Crippen LogP) is 1.95. The third-order valence-corrected chi connectivity index (χ3v) is 5.42. The van der Waals surface area contributed by atoms with Gasteiger partial charge in [0.1, 0.15) is 11.3 Å². The number of benzene rings is 1. The number of nitriles is 1. The Morgan fingerprint density at radius 2 is 2.27 bits per heavy atom. The highest BCUT2D eigenvalue weighted by Gasteiger charge is 2.30. The van der Waals surface area contributed by atoms with E-state index >= 15 is 0 Å². The highest BCUT2D eigenvalue weighted by Crippen LogP contribution is 2.37. The molecular weight excluding hydrogens is 385 g/mol. The van der Waals surface area contributed by atoms with Gasteiger partial charge in [-0.2, -0.15) is 10.4 Å². The van der Waals surface area contributed by atoms with Gasteiger partial charge in [-0.15, -0.1) is 0 Å². The molecule has 2 aliphatic rings. The Kier molecular flexibility index (Phi) is 5.24. The van der Waals surface area contributed by atoms with E-state index < -0.39 is 13.0 Å². The van der Waals surface area contributed by atoms with Gasteiger partial charge in [-0.25, -0.2) is 0 Å². The van der Waals surface area contributed by atoms with Crippen molar-refractivity contribution in [2.75, 3.05) is 18.5 Å². The van der Waals surface area contributed by atoms with E-state index in [1.807, 2.05) is 26.0 Å². The number of hydrogen-bond acceptors (Lipinski definition) is 7. The maximum atomic E-state index is 12.0. The van der Waals surface area contributed by atoms with Gasteiger partial charge in [0.15, 0.2) is 5.82 Å². The molecule has 3 heterocycles. The molecule has 2 aliphatic heterocycles. The number of carbonyl (C=O) groups is 1. The molecule has 154 valence electrons. The molecule has 0 spiro atoms. The highest BCUT2D eigenvalue weighted by molar-refractivity contribution is 6.52. The third kappa shape index (κ3) is 3.65. The number of carbonyl (C=O) groups excluding carboxylic acids is 1. The number of aromatic nitrogens is 2. The van der Waals surface area contributed by atoms with E-state index in [-0.39, 0.29) is 17.5 Å². The summed E-state index contributed by atoms with van der Waals surface area (Å²) in [5.41, 5.74) is 9.05. The SMILES string of the molecule is CC1=CB(O)Oc2c(C)cc(Nc3nn([C@@H]4COCC[C@H]4C#N)cc3C(N)=O)cc21. The molecule has 2 atom stereocenters. The van der Waals surface area contributed by atoms with Crippen LogP contribution in [-0.2, 0) is 4.74 Å². The smallest absolute Gasteiger partial charge is 0.532 e. The Morgan fingerprint density at radius 3 is 3.00 bits per heavy atom. The molecule has 9 nitrogen and oxygen atoms in total. The van der Waals surface area contributed by atoms with Gasteiger partial charge in [0.05, 0.1) is 24.6 Å². The van der Waals surface area contributed by atoms with E-state index in [0.29, 0.717) is 36.9 Å². The minimum Gasteiger partial charge on any atom is -0.532 e. The molecule has 4 rings (SSSR count). The van der Waals surface area contributed by atoms with Crippen LogP contribution in [0.4, 0.5) is 11.5 Å². The molecule has 0 radical (unpaired) electrons. The summed E-state index contributed by atoms with van der Waals surface area (Å²) >= 11 is 0. The first-order chi connectivity index (χ1) is 14.4. The first-order valence-corrected chi connectivity index (χ1v) is 9.69. The monoisotopic (exact) mass is 407 g/mol. The molecule has 30 heavy (non-hydrogen) atoms. The van der Waals surface area contributed by atoms with Gasteiger partial charge in [0, 0.05) is 24.1 Å². The molecule has 0 bridgehead atoms. The number of nitrogens with zero attached hydrogens (tertiary/aromatic N) is 3. The Hall–Kier alpha value is -3.29. The number of amides is 1. The van der Waals surface area contributed by atoms with E-state index in [9.17, 15) is 15.1 Å². The minimum absolute atomic E-state index is 0.228. The lowest BCUT2D eigenvalue weighted by atomic mass is 9.82. The van der Waals surface area contributed by atoms with Crippen molar-refractivity contribution in [1.82, 2.24) is 9.78 Å². The minimum atomic E-state index is -0.974. The fraction of sp³-hybridized carbons (Fsp3) is 0.350. The van der Waals surface area contributed by atoms with E-state index in [4.69, 9.17) is 15.1 Å². The van der Waals surface area contributed by atoms with E-state index in [1.54, 1.807) is 16.9 Å². The van der Waals surface area contributed by atoms with Crippen LogP contribution in [-0.4, -0.2) is 41.0 Å². The first-order valence-electron chi connectivity index (χ1n) is 9.69. The number of ether oxygens (including phenoxy) is 1.